The van der Waals surface area contributed by atoms with Crippen molar-refractivity contribution in [2.24, 2.45) is 7.05 Å². The molecule has 0 atom stereocenters. The number of carboxylic acids is 1. The summed E-state index contributed by atoms with van der Waals surface area (Å²) < 4.78 is 14.9. The Bertz CT molecular complexity index is 1590. The largest absolute Gasteiger partial charge is 0.477 e. The normalized spacial score (nSPS) is 14.0. The summed E-state index contributed by atoms with van der Waals surface area (Å²) in [4.78, 5) is 19.2. The minimum atomic E-state index is -1.08. The third-order valence-corrected chi connectivity index (χ3v) is 6.25. The van der Waals surface area contributed by atoms with Crippen LogP contribution in [-0.2, 0) is 11.8 Å². The second kappa shape index (κ2) is 8.65. The van der Waals surface area contributed by atoms with Crippen LogP contribution in [0.15, 0.2) is 59.3 Å². The SMILES string of the molecule is Cc1cccc(-c2cc(C(=O)O)n(-c3cc(N4CCOCC4)c4oc(-c5cnn(C)c5)cc4n3)n2)c1. The highest BCUT2D eigenvalue weighted by Gasteiger charge is 2.24. The molecule has 1 fully saturated rings. The number of benzene rings is 1. The molecule has 0 saturated carbocycles. The van der Waals surface area contributed by atoms with Gasteiger partial charge < -0.3 is 19.2 Å². The van der Waals surface area contributed by atoms with Gasteiger partial charge in [0.15, 0.2) is 17.1 Å². The molecule has 0 spiro atoms. The first-order valence-electron chi connectivity index (χ1n) is 11.6. The number of morpholine rings is 1. The number of rotatable bonds is 5. The van der Waals surface area contributed by atoms with E-state index in [1.54, 1.807) is 16.9 Å². The van der Waals surface area contributed by atoms with E-state index >= 15 is 0 Å². The van der Waals surface area contributed by atoms with Gasteiger partial charge in [-0.25, -0.2) is 14.5 Å². The van der Waals surface area contributed by atoms with Crippen molar-refractivity contribution in [3.8, 4) is 28.4 Å². The molecule has 0 unspecified atom stereocenters. The maximum atomic E-state index is 12.2. The molecule has 1 aliphatic heterocycles. The Balaban J connectivity index is 1.54. The van der Waals surface area contributed by atoms with Crippen molar-refractivity contribution in [1.29, 1.82) is 0 Å². The van der Waals surface area contributed by atoms with Gasteiger partial charge in [-0.15, -0.1) is 0 Å². The third kappa shape index (κ3) is 3.91. The highest BCUT2D eigenvalue weighted by Crippen LogP contribution is 2.35. The van der Waals surface area contributed by atoms with Gasteiger partial charge in [-0.3, -0.25) is 4.68 Å². The van der Waals surface area contributed by atoms with E-state index in [0.717, 1.165) is 22.4 Å². The van der Waals surface area contributed by atoms with Gasteiger partial charge in [0.05, 0.1) is 36.4 Å². The standard InChI is InChI=1S/C26H24N6O4/c1-16-4-3-5-17(10-16)19-11-22(26(33)34)32(29-19)24-13-21(31-6-8-35-9-7-31)25-20(28-24)12-23(36-25)18-14-27-30(2)15-18/h3-5,10-15H,6-9H2,1-2H3,(H,33,34). The lowest BCUT2D eigenvalue weighted by Crippen LogP contribution is -2.36. The Morgan fingerprint density at radius 1 is 1.08 bits per heavy atom. The molecule has 6 rings (SSSR count). The van der Waals surface area contributed by atoms with Crippen LogP contribution >= 0.6 is 0 Å². The van der Waals surface area contributed by atoms with Crippen LogP contribution in [0.5, 0.6) is 0 Å². The van der Waals surface area contributed by atoms with Crippen molar-refractivity contribution in [3.05, 3.63) is 66.1 Å². The Kier molecular flexibility index (Phi) is 5.30. The van der Waals surface area contributed by atoms with E-state index in [2.05, 4.69) is 15.1 Å². The highest BCUT2D eigenvalue weighted by atomic mass is 16.5. The molecule has 0 bridgehead atoms. The summed E-state index contributed by atoms with van der Waals surface area (Å²) in [7, 11) is 1.85. The van der Waals surface area contributed by atoms with Gasteiger partial charge >= 0.3 is 5.97 Å². The predicted molar refractivity (Wildman–Crippen MR) is 133 cm³/mol. The monoisotopic (exact) mass is 484 g/mol. The average Bonchev–Trinajstić information content (AvgIpc) is 3.61. The van der Waals surface area contributed by atoms with Gasteiger partial charge in [0, 0.05) is 44.0 Å². The molecule has 0 amide bonds. The summed E-state index contributed by atoms with van der Waals surface area (Å²) in [6, 6.07) is 13.1. The lowest BCUT2D eigenvalue weighted by Gasteiger charge is -2.29. The number of anilines is 1. The zero-order valence-corrected chi connectivity index (χ0v) is 19.9. The number of fused-ring (bicyclic) bond motifs is 1. The zero-order valence-electron chi connectivity index (χ0n) is 19.9. The fraction of sp³-hybridized carbons (Fsp3) is 0.231. The Morgan fingerprint density at radius 2 is 1.92 bits per heavy atom. The van der Waals surface area contributed by atoms with E-state index in [9.17, 15) is 9.90 Å². The molecule has 1 N–H and O–H groups in total. The van der Waals surface area contributed by atoms with Crippen LogP contribution in [0, 0.1) is 6.92 Å². The molecule has 182 valence electrons. The van der Waals surface area contributed by atoms with Crippen molar-refractivity contribution in [3.63, 3.8) is 0 Å². The van der Waals surface area contributed by atoms with Crippen molar-refractivity contribution in [2.75, 3.05) is 31.2 Å². The maximum Gasteiger partial charge on any atom is 0.354 e. The summed E-state index contributed by atoms with van der Waals surface area (Å²) in [6.07, 6.45) is 3.61. The predicted octanol–water partition coefficient (Wildman–Crippen LogP) is 3.92. The molecule has 0 aliphatic carbocycles. The number of aromatic carboxylic acids is 1. The second-order valence-electron chi connectivity index (χ2n) is 8.83. The van der Waals surface area contributed by atoms with E-state index in [-0.39, 0.29) is 5.69 Å². The van der Waals surface area contributed by atoms with E-state index in [1.165, 1.54) is 4.68 Å². The fourth-order valence-electron chi connectivity index (χ4n) is 4.48. The van der Waals surface area contributed by atoms with Crippen LogP contribution in [0.4, 0.5) is 5.69 Å². The fourth-order valence-corrected chi connectivity index (χ4v) is 4.48. The van der Waals surface area contributed by atoms with Gasteiger partial charge in [0.25, 0.3) is 0 Å². The summed E-state index contributed by atoms with van der Waals surface area (Å²) in [5.74, 6) is -0.0464. The summed E-state index contributed by atoms with van der Waals surface area (Å²) in [5.41, 5.74) is 5.38. The topological polar surface area (TPSA) is 111 Å². The molecule has 1 aromatic carbocycles. The average molecular weight is 485 g/mol. The molecule has 36 heavy (non-hydrogen) atoms. The van der Waals surface area contributed by atoms with Crippen LogP contribution in [0.3, 0.4) is 0 Å². The smallest absolute Gasteiger partial charge is 0.354 e. The molecular formula is C26H24N6O4. The van der Waals surface area contributed by atoms with E-state index < -0.39 is 5.97 Å². The van der Waals surface area contributed by atoms with Crippen LogP contribution < -0.4 is 4.90 Å². The molecule has 1 saturated heterocycles. The van der Waals surface area contributed by atoms with Crippen LogP contribution in [0.2, 0.25) is 0 Å². The Hall–Kier alpha value is -4.44. The van der Waals surface area contributed by atoms with Gasteiger partial charge in [-0.1, -0.05) is 23.8 Å². The number of carboxylic acid groups (broad SMARTS) is 1. The molecule has 0 radical (unpaired) electrons. The number of furan rings is 1. The molecule has 10 nitrogen and oxygen atoms in total. The second-order valence-corrected chi connectivity index (χ2v) is 8.83. The molecular weight excluding hydrogens is 460 g/mol. The quantitative estimate of drug-likeness (QED) is 0.400. The number of hydrogen-bond acceptors (Lipinski definition) is 7. The minimum Gasteiger partial charge on any atom is -0.477 e. The molecule has 10 heteroatoms. The molecule has 5 heterocycles. The van der Waals surface area contributed by atoms with Crippen molar-refractivity contribution < 1.29 is 19.1 Å². The lowest BCUT2D eigenvalue weighted by atomic mass is 10.1. The molecule has 4 aromatic heterocycles. The van der Waals surface area contributed by atoms with Crippen molar-refractivity contribution in [2.45, 2.75) is 6.92 Å². The first-order valence-corrected chi connectivity index (χ1v) is 11.6. The number of pyridine rings is 1. The van der Waals surface area contributed by atoms with Crippen molar-refractivity contribution in [1.82, 2.24) is 24.5 Å². The Morgan fingerprint density at radius 3 is 2.64 bits per heavy atom. The van der Waals surface area contributed by atoms with Crippen LogP contribution in [-0.4, -0.2) is 61.9 Å². The highest BCUT2D eigenvalue weighted by molar-refractivity contribution is 5.92. The number of aromatic nitrogens is 5. The minimum absolute atomic E-state index is 0.0299. The zero-order chi connectivity index (χ0) is 24.8. The number of nitrogens with zero attached hydrogens (tertiary/aromatic N) is 6. The number of carbonyl (C=O) groups is 1. The first kappa shape index (κ1) is 22.1. The van der Waals surface area contributed by atoms with Gasteiger partial charge in [-0.05, 0) is 19.1 Å². The number of hydrogen-bond donors (Lipinski definition) is 1. The number of ether oxygens (including phenoxy) is 1. The van der Waals surface area contributed by atoms with E-state index in [1.807, 2.05) is 56.6 Å². The molecule has 1 aliphatic rings. The van der Waals surface area contributed by atoms with Gasteiger partial charge in [-0.2, -0.15) is 10.2 Å². The maximum absolute atomic E-state index is 12.2. The van der Waals surface area contributed by atoms with Crippen LogP contribution in [0.1, 0.15) is 16.1 Å². The first-order chi connectivity index (χ1) is 17.5. The Labute approximate surface area is 206 Å². The third-order valence-electron chi connectivity index (χ3n) is 6.25. The van der Waals surface area contributed by atoms with Crippen LogP contribution in [0.25, 0.3) is 39.5 Å². The van der Waals surface area contributed by atoms with Crippen molar-refractivity contribution >= 4 is 22.8 Å². The van der Waals surface area contributed by atoms with Gasteiger partial charge in [0.2, 0.25) is 0 Å². The van der Waals surface area contributed by atoms with Gasteiger partial charge in [0.1, 0.15) is 11.3 Å². The van der Waals surface area contributed by atoms with E-state index in [0.29, 0.717) is 54.7 Å². The number of aryl methyl sites for hydroxylation is 2. The molecule has 5 aromatic rings. The van der Waals surface area contributed by atoms with E-state index in [4.69, 9.17) is 14.1 Å². The summed E-state index contributed by atoms with van der Waals surface area (Å²) in [6.45, 7) is 4.53. The summed E-state index contributed by atoms with van der Waals surface area (Å²) in [5, 5.41) is 18.9. The lowest BCUT2D eigenvalue weighted by molar-refractivity contribution is 0.0686. The summed E-state index contributed by atoms with van der Waals surface area (Å²) >= 11 is 0.